The summed E-state index contributed by atoms with van der Waals surface area (Å²) in [5.74, 6) is -4.90. The van der Waals surface area contributed by atoms with Gasteiger partial charge in [-0.2, -0.15) is 0 Å². The predicted octanol–water partition coefficient (Wildman–Crippen LogP) is 8.03. The first-order valence-electron chi connectivity index (χ1n) is 14.9. The molecule has 51 heavy (non-hydrogen) atoms. The fourth-order valence-corrected chi connectivity index (χ4v) is 5.34. The minimum Gasteiger partial charge on any atom is -0.477 e. The number of hydrogen-bond acceptors (Lipinski definition) is 8. The molecular weight excluding hydrogens is 800 g/mol. The molecule has 6 rings (SSSR count). The van der Waals surface area contributed by atoms with E-state index in [1.807, 2.05) is 36.4 Å². The maximum Gasteiger partial charge on any atom is 0.352 e. The highest BCUT2D eigenvalue weighted by Crippen LogP contribution is 2.30. The van der Waals surface area contributed by atoms with Crippen LogP contribution in [0.4, 0.5) is 8.78 Å². The Kier molecular flexibility index (Phi) is 11.0. The maximum absolute atomic E-state index is 13.0. The van der Waals surface area contributed by atoms with Crippen LogP contribution in [0.5, 0.6) is 0 Å². The standard InChI is InChI=1S/C19H16BrF2N3O3.C16H11BrN2O4/c1-10-15(16(25-28-10)11-3-5-13(20)6-4-11)17(26)12-7-14(23-8-12)18(27)24-9-19(2,21)22;1-8-13(15(20)10-6-12(16(21)22)18-7-10)14(19-23-8)9-2-4-11(17)5-3-9/h3-8,23H,9H2,1-2H3,(H,24,27);2-7,18H,1H3,(H,21,22). The molecule has 4 aromatic heterocycles. The van der Waals surface area contributed by atoms with Crippen LogP contribution in [0.2, 0.25) is 0 Å². The number of alkyl halides is 2. The van der Waals surface area contributed by atoms with Crippen molar-refractivity contribution in [2.24, 2.45) is 0 Å². The lowest BCUT2D eigenvalue weighted by molar-refractivity contribution is 0.0220. The van der Waals surface area contributed by atoms with Crippen LogP contribution in [0.15, 0.2) is 91.0 Å². The number of aromatic carboxylic acids is 1. The zero-order valence-electron chi connectivity index (χ0n) is 26.9. The lowest BCUT2D eigenvalue weighted by atomic mass is 9.99. The van der Waals surface area contributed by atoms with Gasteiger partial charge in [-0.05, 0) is 50.2 Å². The number of hydrogen-bond donors (Lipinski definition) is 4. The number of aromatic amines is 2. The lowest BCUT2D eigenvalue weighted by Crippen LogP contribution is -2.34. The molecule has 2 aromatic carbocycles. The molecule has 0 aliphatic heterocycles. The smallest absolute Gasteiger partial charge is 0.352 e. The average molecular weight is 827 g/mol. The molecule has 4 heterocycles. The summed E-state index contributed by atoms with van der Waals surface area (Å²) < 4.78 is 37.9. The van der Waals surface area contributed by atoms with Gasteiger partial charge in [-0.25, -0.2) is 13.6 Å². The van der Waals surface area contributed by atoms with Gasteiger partial charge in [0.05, 0.1) is 17.7 Å². The summed E-state index contributed by atoms with van der Waals surface area (Å²) in [6.45, 7) is 3.17. The Bertz CT molecular complexity index is 2230. The summed E-state index contributed by atoms with van der Waals surface area (Å²) in [6.07, 6.45) is 2.71. The molecule has 0 unspecified atom stereocenters. The molecule has 0 atom stereocenters. The number of ketones is 2. The van der Waals surface area contributed by atoms with Gasteiger partial charge >= 0.3 is 5.97 Å². The first-order valence-corrected chi connectivity index (χ1v) is 16.5. The van der Waals surface area contributed by atoms with Gasteiger partial charge in [0.25, 0.3) is 11.8 Å². The second kappa shape index (κ2) is 15.2. The van der Waals surface area contributed by atoms with E-state index >= 15 is 0 Å². The van der Waals surface area contributed by atoms with E-state index in [2.05, 4.69) is 57.5 Å². The largest absolute Gasteiger partial charge is 0.477 e. The van der Waals surface area contributed by atoms with Crippen molar-refractivity contribution in [3.8, 4) is 22.5 Å². The molecule has 262 valence electrons. The van der Waals surface area contributed by atoms with E-state index in [-0.39, 0.29) is 33.9 Å². The molecule has 0 bridgehead atoms. The number of H-pyrrole nitrogens is 2. The van der Waals surface area contributed by atoms with Crippen molar-refractivity contribution in [1.29, 1.82) is 0 Å². The predicted molar refractivity (Wildman–Crippen MR) is 187 cm³/mol. The van der Waals surface area contributed by atoms with Crippen molar-refractivity contribution < 1.29 is 42.1 Å². The second-order valence-corrected chi connectivity index (χ2v) is 13.1. The molecule has 6 aromatic rings. The highest BCUT2D eigenvalue weighted by Gasteiger charge is 2.27. The summed E-state index contributed by atoms with van der Waals surface area (Å²) in [5.41, 5.74) is 3.23. The average Bonchev–Trinajstić information content (AvgIpc) is 3.91. The van der Waals surface area contributed by atoms with Crippen molar-refractivity contribution >= 4 is 55.3 Å². The van der Waals surface area contributed by atoms with E-state index in [1.54, 1.807) is 26.0 Å². The van der Waals surface area contributed by atoms with Crippen LogP contribution in [0, 0.1) is 13.8 Å². The SMILES string of the molecule is Cc1onc(-c2ccc(Br)cc2)c1C(=O)c1c[nH]c(C(=O)NCC(C)(F)F)c1.Cc1onc(-c2ccc(Br)cc2)c1C(=O)c1c[nH]c(C(=O)O)c1. The number of carboxylic acid groups (broad SMARTS) is 1. The molecule has 0 radical (unpaired) electrons. The van der Waals surface area contributed by atoms with E-state index in [4.69, 9.17) is 14.2 Å². The Morgan fingerprint density at radius 3 is 1.57 bits per heavy atom. The Morgan fingerprint density at radius 1 is 0.765 bits per heavy atom. The summed E-state index contributed by atoms with van der Waals surface area (Å²) in [6, 6.07) is 17.1. The Morgan fingerprint density at radius 2 is 1.18 bits per heavy atom. The number of nitrogens with zero attached hydrogens (tertiary/aromatic N) is 2. The van der Waals surface area contributed by atoms with Crippen LogP contribution in [-0.2, 0) is 0 Å². The maximum atomic E-state index is 13.0. The molecule has 4 N–H and O–H groups in total. The van der Waals surface area contributed by atoms with Gasteiger partial charge in [-0.1, -0.05) is 66.4 Å². The van der Waals surface area contributed by atoms with Crippen LogP contribution in [0.3, 0.4) is 0 Å². The summed E-state index contributed by atoms with van der Waals surface area (Å²) in [7, 11) is 0. The van der Waals surface area contributed by atoms with Crippen LogP contribution >= 0.6 is 31.9 Å². The Balaban J connectivity index is 0.000000201. The van der Waals surface area contributed by atoms with Crippen molar-refractivity contribution in [2.75, 3.05) is 6.54 Å². The Hall–Kier alpha value is -5.48. The first kappa shape index (κ1) is 36.8. The van der Waals surface area contributed by atoms with Gasteiger partial charge in [-0.3, -0.25) is 14.4 Å². The van der Waals surface area contributed by atoms with Gasteiger partial charge in [0.1, 0.15) is 34.3 Å². The second-order valence-electron chi connectivity index (χ2n) is 11.3. The highest BCUT2D eigenvalue weighted by atomic mass is 79.9. The fourth-order valence-electron chi connectivity index (χ4n) is 4.81. The number of aromatic nitrogens is 4. The van der Waals surface area contributed by atoms with Crippen molar-refractivity contribution in [3.63, 3.8) is 0 Å². The number of amides is 1. The third kappa shape index (κ3) is 8.64. The first-order chi connectivity index (χ1) is 24.1. The third-order valence-corrected chi connectivity index (χ3v) is 8.40. The van der Waals surface area contributed by atoms with Crippen molar-refractivity contribution in [3.05, 3.63) is 127 Å². The van der Waals surface area contributed by atoms with Gasteiger partial charge < -0.3 is 29.4 Å². The summed E-state index contributed by atoms with van der Waals surface area (Å²) in [4.78, 5) is 53.8. The molecule has 0 saturated heterocycles. The fraction of sp³-hybridized carbons (Fsp3) is 0.143. The van der Waals surface area contributed by atoms with Crippen molar-refractivity contribution in [1.82, 2.24) is 25.6 Å². The molecular formula is C35H27Br2F2N5O7. The van der Waals surface area contributed by atoms with Gasteiger partial charge in [-0.15, -0.1) is 0 Å². The van der Waals surface area contributed by atoms with Crippen molar-refractivity contribution in [2.45, 2.75) is 26.7 Å². The van der Waals surface area contributed by atoms with Crippen LogP contribution < -0.4 is 5.32 Å². The molecule has 0 saturated carbocycles. The number of aryl methyl sites for hydroxylation is 2. The van der Waals surface area contributed by atoms with Crippen LogP contribution in [0.1, 0.15) is 71.3 Å². The normalized spacial score (nSPS) is 11.1. The van der Waals surface area contributed by atoms with E-state index < -0.39 is 30.1 Å². The minimum atomic E-state index is -3.03. The van der Waals surface area contributed by atoms with Gasteiger partial charge in [0.15, 0.2) is 11.6 Å². The van der Waals surface area contributed by atoms with Crippen LogP contribution in [0.25, 0.3) is 22.5 Å². The third-order valence-electron chi connectivity index (χ3n) is 7.34. The Labute approximate surface area is 304 Å². The zero-order valence-corrected chi connectivity index (χ0v) is 30.1. The number of carbonyl (C=O) groups is 4. The number of nitrogens with one attached hydrogen (secondary N) is 3. The topological polar surface area (TPSA) is 184 Å². The van der Waals surface area contributed by atoms with E-state index in [0.29, 0.717) is 41.0 Å². The molecule has 12 nitrogen and oxygen atoms in total. The molecule has 0 aliphatic rings. The van der Waals surface area contributed by atoms with E-state index in [9.17, 15) is 28.0 Å². The number of benzene rings is 2. The van der Waals surface area contributed by atoms with E-state index in [0.717, 1.165) is 14.5 Å². The number of carbonyl (C=O) groups excluding carboxylic acids is 3. The van der Waals surface area contributed by atoms with Gasteiger partial charge in [0, 0.05) is 50.5 Å². The lowest BCUT2D eigenvalue weighted by Gasteiger charge is -2.10. The minimum absolute atomic E-state index is 0.00639. The number of carboxylic acids is 1. The quantitative estimate of drug-likeness (QED) is 0.0994. The zero-order chi connectivity index (χ0) is 37.0. The highest BCUT2D eigenvalue weighted by molar-refractivity contribution is 9.10. The molecule has 0 aliphatic carbocycles. The summed E-state index contributed by atoms with van der Waals surface area (Å²) in [5, 5.41) is 19.0. The molecule has 16 heteroatoms. The van der Waals surface area contributed by atoms with E-state index in [1.165, 1.54) is 24.5 Å². The molecule has 0 fully saturated rings. The number of halogens is 4. The molecule has 0 spiro atoms. The summed E-state index contributed by atoms with van der Waals surface area (Å²) >= 11 is 6.70. The monoisotopic (exact) mass is 825 g/mol. The van der Waals surface area contributed by atoms with Crippen LogP contribution in [-0.4, -0.2) is 61.3 Å². The number of rotatable bonds is 10. The molecule has 1 amide bonds. The van der Waals surface area contributed by atoms with Gasteiger partial charge in [0.2, 0.25) is 0 Å².